The zero-order valence-corrected chi connectivity index (χ0v) is 10.8. The molecule has 0 spiro atoms. The number of nitrogens with two attached hydrogens (primary N) is 1. The van der Waals surface area contributed by atoms with Crippen LogP contribution in [0.3, 0.4) is 0 Å². The van der Waals surface area contributed by atoms with Crippen molar-refractivity contribution < 1.29 is 2.85 Å². The van der Waals surface area contributed by atoms with E-state index in [1.807, 2.05) is 24.3 Å². The molecule has 1 aliphatic carbocycles. The summed E-state index contributed by atoms with van der Waals surface area (Å²) in [5, 5.41) is 0. The van der Waals surface area contributed by atoms with Gasteiger partial charge in [-0.2, -0.15) is 0 Å². The maximum atomic E-state index is 5.39. The van der Waals surface area contributed by atoms with Crippen LogP contribution in [0, 0.1) is 0 Å². The Kier molecular flexibility index (Phi) is 15.5. The molecule has 1 rings (SSSR count). The summed E-state index contributed by atoms with van der Waals surface area (Å²) < 4.78 is 2.44. The average molecular weight is 247 g/mol. The Hall–Kier alpha value is -0.380. The van der Waals surface area contributed by atoms with Gasteiger partial charge in [0.05, 0.1) is 0 Å². The Bertz CT molecular complexity index is 260. The van der Waals surface area contributed by atoms with E-state index in [0.29, 0.717) is 0 Å². The highest BCUT2D eigenvalue weighted by Gasteiger charge is 1.90. The molecule has 15 heavy (non-hydrogen) atoms. The van der Waals surface area contributed by atoms with Crippen molar-refractivity contribution in [1.82, 2.24) is 4.72 Å². The van der Waals surface area contributed by atoms with Gasteiger partial charge in [0.25, 0.3) is 0 Å². The van der Waals surface area contributed by atoms with E-state index in [1.54, 1.807) is 7.05 Å². The molecular formula is C11H23N2S2. The largest absolute Gasteiger partial charge is 0.330 e. The summed E-state index contributed by atoms with van der Waals surface area (Å²) in [5.74, 6) is 0. The monoisotopic (exact) mass is 247 g/mol. The average Bonchev–Trinajstić information content (AvgIpc) is 2.44. The van der Waals surface area contributed by atoms with E-state index in [4.69, 9.17) is 5.73 Å². The Morgan fingerprint density at radius 3 is 2.73 bits per heavy atom. The van der Waals surface area contributed by atoms with Crippen LogP contribution in [0.25, 0.3) is 0 Å². The second-order valence-electron chi connectivity index (χ2n) is 2.70. The molecule has 0 aromatic rings. The van der Waals surface area contributed by atoms with E-state index in [9.17, 15) is 0 Å². The van der Waals surface area contributed by atoms with Gasteiger partial charge in [-0.05, 0) is 38.1 Å². The Morgan fingerprint density at radius 1 is 1.47 bits per heavy atom. The van der Waals surface area contributed by atoms with E-state index in [1.165, 1.54) is 5.57 Å². The van der Waals surface area contributed by atoms with E-state index in [-0.39, 0.29) is 16.3 Å². The zero-order chi connectivity index (χ0) is 10.6. The normalized spacial score (nSPS) is 12.1. The van der Waals surface area contributed by atoms with Gasteiger partial charge in [-0.15, -0.1) is 19.2 Å². The Balaban J connectivity index is -0.000000128. The Labute approximate surface area is 108 Å². The van der Waals surface area contributed by atoms with Crippen LogP contribution < -0.4 is 10.5 Å². The lowest BCUT2D eigenvalue weighted by Gasteiger charge is -1.94. The van der Waals surface area contributed by atoms with Gasteiger partial charge in [-0.3, -0.25) is 4.72 Å². The predicted molar refractivity (Wildman–Crippen MR) is 79.4 cm³/mol. The van der Waals surface area contributed by atoms with Crippen molar-refractivity contribution in [3.63, 3.8) is 0 Å². The van der Waals surface area contributed by atoms with Crippen LogP contribution in [0.5, 0.6) is 0 Å². The van der Waals surface area contributed by atoms with Crippen molar-refractivity contribution in [3.05, 3.63) is 41.7 Å². The molecule has 0 aromatic heterocycles. The molecule has 1 aliphatic rings. The van der Waals surface area contributed by atoms with E-state index >= 15 is 0 Å². The molecule has 0 amide bonds. The summed E-state index contributed by atoms with van der Waals surface area (Å²) in [6.07, 6.45) is 12.1. The van der Waals surface area contributed by atoms with Crippen LogP contribution >= 0.6 is 26.3 Å². The van der Waals surface area contributed by atoms with Crippen LogP contribution in [-0.4, -0.2) is 13.6 Å². The highest BCUT2D eigenvalue weighted by molar-refractivity contribution is 7.78. The van der Waals surface area contributed by atoms with E-state index in [2.05, 4.69) is 29.3 Å². The molecule has 0 atom stereocenters. The van der Waals surface area contributed by atoms with Crippen LogP contribution in [-0.2, 0) is 0 Å². The highest BCUT2D eigenvalue weighted by Crippen LogP contribution is 2.06. The van der Waals surface area contributed by atoms with E-state index < -0.39 is 0 Å². The molecule has 3 N–H and O–H groups in total. The van der Waals surface area contributed by atoms with Gasteiger partial charge in [0.2, 0.25) is 0 Å². The van der Waals surface area contributed by atoms with Gasteiger partial charge in [-0.25, -0.2) is 0 Å². The van der Waals surface area contributed by atoms with Crippen LogP contribution in [0.1, 0.15) is 15.7 Å². The third kappa shape index (κ3) is 11.5. The molecule has 0 aliphatic heterocycles. The van der Waals surface area contributed by atoms with Gasteiger partial charge < -0.3 is 5.73 Å². The minimum absolute atomic E-state index is 0. The maximum Gasteiger partial charge on any atom is 0 e. The fourth-order valence-electron chi connectivity index (χ4n) is 0.943. The Morgan fingerprint density at radius 2 is 2.13 bits per heavy atom. The molecule has 0 heterocycles. The third-order valence-electron chi connectivity index (χ3n) is 1.53. The van der Waals surface area contributed by atoms with Crippen molar-refractivity contribution in [3.8, 4) is 0 Å². The molecule has 1 radical (unpaired) electrons. The smallest absolute Gasteiger partial charge is 0 e. The van der Waals surface area contributed by atoms with Crippen molar-refractivity contribution in [1.29, 1.82) is 0 Å². The lowest BCUT2D eigenvalue weighted by molar-refractivity contribution is 0.837. The first kappa shape index (κ1) is 17.0. The molecular weight excluding hydrogens is 224 g/mol. The minimum Gasteiger partial charge on any atom is -0.330 e. The van der Waals surface area contributed by atoms with Crippen LogP contribution in [0.15, 0.2) is 41.7 Å². The molecule has 0 saturated heterocycles. The lowest BCUT2D eigenvalue weighted by atomic mass is 10.1. The van der Waals surface area contributed by atoms with Gasteiger partial charge in [0, 0.05) is 2.85 Å². The SMILES string of the molecule is CNS.NCCCC1=C=CC=CC=C1.[HH].[HH].[SH]. The number of allylic oxidation sites excluding steroid dienone is 5. The number of rotatable bonds is 3. The molecule has 2 nitrogen and oxygen atoms in total. The van der Waals surface area contributed by atoms with Gasteiger partial charge in [-0.1, -0.05) is 37.1 Å². The second kappa shape index (κ2) is 13.6. The number of nitrogens with one attached hydrogen (secondary N) is 1. The fourth-order valence-corrected chi connectivity index (χ4v) is 0.943. The number of thiol groups is 2. The first-order chi connectivity index (χ1) is 6.85. The fraction of sp³-hybridized carbons (Fsp3) is 0.364. The molecule has 4 heteroatoms. The zero-order valence-electron chi connectivity index (χ0n) is 8.98. The molecule has 89 valence electrons. The molecule has 0 aromatic carbocycles. The number of hydrogen-bond donors (Lipinski definition) is 4. The standard InChI is InChI=1S/C10H13N.CH5NS.HS.2H2/c11-9-5-8-10-6-3-1-2-4-7-10;1-2-3;;;/h1-4,6H,5,8-9,11H2;2-3H,1H3;3*1H. The lowest BCUT2D eigenvalue weighted by Crippen LogP contribution is -1.97. The first-order valence-electron chi connectivity index (χ1n) is 4.65. The summed E-state index contributed by atoms with van der Waals surface area (Å²) in [7, 11) is 1.74. The first-order valence-corrected chi connectivity index (χ1v) is 5.09. The predicted octanol–water partition coefficient (Wildman–Crippen LogP) is 2.86. The number of hydrogen-bond acceptors (Lipinski definition) is 3. The summed E-state index contributed by atoms with van der Waals surface area (Å²) in [6, 6.07) is 0. The highest BCUT2D eigenvalue weighted by atomic mass is 32.1. The molecule has 0 unspecified atom stereocenters. The summed E-state index contributed by atoms with van der Waals surface area (Å²) in [4.78, 5) is 0. The van der Waals surface area contributed by atoms with Crippen molar-refractivity contribution in [2.24, 2.45) is 5.73 Å². The van der Waals surface area contributed by atoms with Gasteiger partial charge >= 0.3 is 0 Å². The van der Waals surface area contributed by atoms with E-state index in [0.717, 1.165) is 19.4 Å². The third-order valence-corrected chi connectivity index (χ3v) is 1.53. The van der Waals surface area contributed by atoms with Gasteiger partial charge in [0.15, 0.2) is 0 Å². The molecule has 0 fully saturated rings. The summed E-state index contributed by atoms with van der Waals surface area (Å²) in [6.45, 7) is 0.756. The van der Waals surface area contributed by atoms with Crippen LogP contribution in [0.4, 0.5) is 0 Å². The van der Waals surface area contributed by atoms with Gasteiger partial charge in [0.1, 0.15) is 0 Å². The summed E-state index contributed by atoms with van der Waals surface area (Å²) in [5.41, 5.74) is 9.81. The second-order valence-corrected chi connectivity index (χ2v) is 3.14. The maximum absolute atomic E-state index is 5.39. The van der Waals surface area contributed by atoms with Crippen LogP contribution in [0.2, 0.25) is 0 Å². The minimum atomic E-state index is 0. The molecule has 0 saturated carbocycles. The quantitative estimate of drug-likeness (QED) is 0.457. The van der Waals surface area contributed by atoms with Crippen molar-refractivity contribution in [2.45, 2.75) is 12.8 Å². The van der Waals surface area contributed by atoms with Crippen molar-refractivity contribution >= 4 is 26.3 Å². The molecule has 0 bridgehead atoms. The van der Waals surface area contributed by atoms with Crippen molar-refractivity contribution in [2.75, 3.05) is 13.6 Å². The topological polar surface area (TPSA) is 38.0 Å². The summed E-state index contributed by atoms with van der Waals surface area (Å²) >= 11 is 3.54.